The van der Waals surface area contributed by atoms with E-state index in [0.29, 0.717) is 49.5 Å². The molecule has 1 N–H and O–H groups in total. The first kappa shape index (κ1) is 31.2. The van der Waals surface area contributed by atoms with Crippen LogP contribution >= 0.6 is 11.6 Å². The number of hydrogen-bond donors (Lipinski definition) is 1. The van der Waals surface area contributed by atoms with Gasteiger partial charge in [-0.05, 0) is 94.2 Å². The van der Waals surface area contributed by atoms with Crippen LogP contribution in [0, 0.1) is 11.8 Å². The molecule has 232 valence electrons. The minimum atomic E-state index is -1.16. The number of rotatable bonds is 15. The second-order valence-corrected chi connectivity index (χ2v) is 12.3. The standard InChI is InChI=1S/C33H45ClO8/c1-22-14-15-23(9-2-5-16-37-25-11-8-10-24(34)19-25)26(22)20-27-28(40-27)21-29(41-30-12-3-6-17-38-30)32(33(35)36)42-31-13-4-7-18-39-31/h8,10-11,19,23,26-28,30-31H,1-7,9,12-18,20-21H2,(H,35,36)/t23-,26-,27+,28?,30?,31?/m0/s1. The van der Waals surface area contributed by atoms with Crippen molar-refractivity contribution in [2.24, 2.45) is 11.8 Å². The molecular weight excluding hydrogens is 560 g/mol. The average molecular weight is 605 g/mol. The molecule has 6 atom stereocenters. The third-order valence-electron chi connectivity index (χ3n) is 8.77. The SMILES string of the molecule is C=C1CC[C@H](CCCCOc2cccc(Cl)c2)[C@H]1C[C@H]1OC1CC(OC1CCCCO1)=C(OC1CCCCO1)C(=O)O. The Hall–Kier alpha value is -2.26. The Morgan fingerprint density at radius 3 is 2.45 bits per heavy atom. The summed E-state index contributed by atoms with van der Waals surface area (Å²) in [6, 6.07) is 7.51. The Labute approximate surface area is 254 Å². The Kier molecular flexibility index (Phi) is 11.5. The number of aliphatic carboxylic acids is 1. The topological polar surface area (TPSA) is 96.0 Å². The summed E-state index contributed by atoms with van der Waals surface area (Å²) < 4.78 is 35.4. The van der Waals surface area contributed by atoms with Crippen molar-refractivity contribution in [3.05, 3.63) is 53.0 Å². The third kappa shape index (κ3) is 9.12. The van der Waals surface area contributed by atoms with Gasteiger partial charge < -0.3 is 33.5 Å². The number of benzene rings is 1. The van der Waals surface area contributed by atoms with Crippen molar-refractivity contribution in [3.8, 4) is 5.75 Å². The van der Waals surface area contributed by atoms with Gasteiger partial charge >= 0.3 is 5.97 Å². The molecule has 1 aliphatic carbocycles. The lowest BCUT2D eigenvalue weighted by atomic mass is 9.85. The van der Waals surface area contributed by atoms with Gasteiger partial charge in [-0.15, -0.1) is 0 Å². The van der Waals surface area contributed by atoms with Crippen molar-refractivity contribution in [2.75, 3.05) is 19.8 Å². The molecule has 5 rings (SSSR count). The minimum absolute atomic E-state index is 0.0466. The summed E-state index contributed by atoms with van der Waals surface area (Å²) in [6.07, 6.45) is 10.8. The molecule has 4 aliphatic rings. The fourth-order valence-electron chi connectivity index (χ4n) is 6.38. The van der Waals surface area contributed by atoms with E-state index in [9.17, 15) is 9.90 Å². The number of epoxide rings is 1. The highest BCUT2D eigenvalue weighted by molar-refractivity contribution is 6.30. The molecule has 0 spiro atoms. The van der Waals surface area contributed by atoms with Crippen molar-refractivity contribution in [3.63, 3.8) is 0 Å². The number of halogens is 1. The summed E-state index contributed by atoms with van der Waals surface area (Å²) in [4.78, 5) is 12.3. The Balaban J connectivity index is 1.14. The zero-order chi connectivity index (χ0) is 29.3. The number of hydrogen-bond acceptors (Lipinski definition) is 7. The maximum Gasteiger partial charge on any atom is 0.374 e. The Bertz CT molecular complexity index is 1080. The van der Waals surface area contributed by atoms with E-state index in [2.05, 4.69) is 6.58 Å². The van der Waals surface area contributed by atoms with Gasteiger partial charge in [0.05, 0.1) is 32.0 Å². The van der Waals surface area contributed by atoms with E-state index in [0.717, 1.165) is 76.4 Å². The molecular formula is C33H45ClO8. The molecule has 0 radical (unpaired) electrons. The number of carboxylic acid groups (broad SMARTS) is 1. The van der Waals surface area contributed by atoms with Crippen molar-refractivity contribution >= 4 is 17.6 Å². The minimum Gasteiger partial charge on any atom is -0.494 e. The fourth-order valence-corrected chi connectivity index (χ4v) is 6.56. The maximum absolute atomic E-state index is 12.3. The van der Waals surface area contributed by atoms with Crippen molar-refractivity contribution in [1.29, 1.82) is 0 Å². The second-order valence-electron chi connectivity index (χ2n) is 11.9. The maximum atomic E-state index is 12.3. The van der Waals surface area contributed by atoms with Crippen LogP contribution in [-0.2, 0) is 28.5 Å². The van der Waals surface area contributed by atoms with Crippen LogP contribution in [0.4, 0.5) is 0 Å². The van der Waals surface area contributed by atoms with Crippen LogP contribution in [0.15, 0.2) is 47.9 Å². The van der Waals surface area contributed by atoms with Gasteiger partial charge in [0.25, 0.3) is 0 Å². The fraction of sp³-hybridized carbons (Fsp3) is 0.667. The van der Waals surface area contributed by atoms with Gasteiger partial charge in [0.15, 0.2) is 18.3 Å². The molecule has 9 heteroatoms. The summed E-state index contributed by atoms with van der Waals surface area (Å²) in [7, 11) is 0. The number of carbonyl (C=O) groups is 1. The number of unbranched alkanes of at least 4 members (excludes halogenated alkanes) is 1. The van der Waals surface area contributed by atoms with E-state index in [1.807, 2.05) is 24.3 Å². The summed E-state index contributed by atoms with van der Waals surface area (Å²) in [5.74, 6) is 0.745. The first-order valence-corrected chi connectivity index (χ1v) is 16.1. The molecule has 3 saturated heterocycles. The van der Waals surface area contributed by atoms with Crippen LogP contribution in [0.5, 0.6) is 5.75 Å². The number of carboxylic acids is 1. The first-order valence-electron chi connectivity index (χ1n) is 15.7. The van der Waals surface area contributed by atoms with Crippen molar-refractivity contribution in [2.45, 2.75) is 108 Å². The predicted octanol–water partition coefficient (Wildman–Crippen LogP) is 7.40. The van der Waals surface area contributed by atoms with Gasteiger partial charge in [0.2, 0.25) is 5.76 Å². The van der Waals surface area contributed by atoms with Crippen molar-refractivity contribution in [1.82, 2.24) is 0 Å². The molecule has 3 heterocycles. The molecule has 42 heavy (non-hydrogen) atoms. The first-order chi connectivity index (χ1) is 20.5. The molecule has 0 bridgehead atoms. The van der Waals surface area contributed by atoms with Gasteiger partial charge in [-0.3, -0.25) is 0 Å². The smallest absolute Gasteiger partial charge is 0.374 e. The molecule has 3 unspecified atom stereocenters. The summed E-state index contributed by atoms with van der Waals surface area (Å²) in [6.45, 7) is 6.23. The van der Waals surface area contributed by atoms with Gasteiger partial charge in [0, 0.05) is 24.3 Å². The van der Waals surface area contributed by atoms with Gasteiger partial charge in [0.1, 0.15) is 5.75 Å². The molecule has 1 saturated carbocycles. The van der Waals surface area contributed by atoms with E-state index in [4.69, 9.17) is 40.0 Å². The van der Waals surface area contributed by atoms with Crippen molar-refractivity contribution < 1.29 is 38.3 Å². The summed E-state index contributed by atoms with van der Waals surface area (Å²) >= 11 is 6.05. The highest BCUT2D eigenvalue weighted by Crippen LogP contribution is 2.46. The van der Waals surface area contributed by atoms with Crippen LogP contribution in [0.2, 0.25) is 5.02 Å². The van der Waals surface area contributed by atoms with Gasteiger partial charge in [-0.25, -0.2) is 4.79 Å². The number of ether oxygens (including phenoxy) is 6. The molecule has 3 aliphatic heterocycles. The molecule has 4 fully saturated rings. The van der Waals surface area contributed by atoms with E-state index in [1.165, 1.54) is 5.57 Å². The predicted molar refractivity (Wildman–Crippen MR) is 158 cm³/mol. The Morgan fingerprint density at radius 1 is 1.00 bits per heavy atom. The molecule has 1 aromatic rings. The highest BCUT2D eigenvalue weighted by atomic mass is 35.5. The van der Waals surface area contributed by atoms with E-state index in [-0.39, 0.29) is 23.7 Å². The molecule has 1 aromatic carbocycles. The lowest BCUT2D eigenvalue weighted by molar-refractivity contribution is -0.170. The lowest BCUT2D eigenvalue weighted by Crippen LogP contribution is -2.28. The largest absolute Gasteiger partial charge is 0.494 e. The molecule has 8 nitrogen and oxygen atoms in total. The monoisotopic (exact) mass is 604 g/mol. The normalized spacial score (nSPS) is 30.0. The van der Waals surface area contributed by atoms with E-state index >= 15 is 0 Å². The van der Waals surface area contributed by atoms with E-state index < -0.39 is 18.5 Å². The zero-order valence-electron chi connectivity index (χ0n) is 24.5. The Morgan fingerprint density at radius 2 is 1.76 bits per heavy atom. The van der Waals surface area contributed by atoms with Gasteiger partial charge in [-0.2, -0.15) is 0 Å². The second kappa shape index (κ2) is 15.5. The van der Waals surface area contributed by atoms with Gasteiger partial charge in [-0.1, -0.05) is 29.8 Å². The zero-order valence-corrected chi connectivity index (χ0v) is 25.2. The third-order valence-corrected chi connectivity index (χ3v) is 9.01. The number of allylic oxidation sites excluding steroid dienone is 1. The lowest BCUT2D eigenvalue weighted by Gasteiger charge is -2.27. The van der Waals surface area contributed by atoms with Crippen LogP contribution in [0.25, 0.3) is 0 Å². The molecule has 0 amide bonds. The van der Waals surface area contributed by atoms with Crippen LogP contribution in [-0.4, -0.2) is 55.7 Å². The molecule has 0 aromatic heterocycles. The summed E-state index contributed by atoms with van der Waals surface area (Å²) in [5.41, 5.74) is 1.30. The highest BCUT2D eigenvalue weighted by Gasteiger charge is 2.45. The summed E-state index contributed by atoms with van der Waals surface area (Å²) in [5, 5.41) is 10.8. The quantitative estimate of drug-likeness (QED) is 0.0727. The van der Waals surface area contributed by atoms with Crippen LogP contribution in [0.3, 0.4) is 0 Å². The average Bonchev–Trinajstić information content (AvgIpc) is 3.64. The van der Waals surface area contributed by atoms with Crippen LogP contribution < -0.4 is 4.74 Å². The van der Waals surface area contributed by atoms with E-state index in [1.54, 1.807) is 0 Å². The van der Waals surface area contributed by atoms with Crippen LogP contribution in [0.1, 0.15) is 83.5 Å².